The number of ketones is 1. The molecule has 1 heterocycles. The molecule has 0 radical (unpaired) electrons. The lowest BCUT2D eigenvalue weighted by atomic mass is 10.1. The van der Waals surface area contributed by atoms with Gasteiger partial charge in [-0.2, -0.15) is 0 Å². The number of carbonyl (C=O) groups is 1. The fourth-order valence-electron chi connectivity index (χ4n) is 2.44. The van der Waals surface area contributed by atoms with Crippen LogP contribution < -0.4 is 4.74 Å². The molecule has 1 aromatic heterocycles. The van der Waals surface area contributed by atoms with Crippen molar-refractivity contribution in [3.05, 3.63) is 59.7 Å². The summed E-state index contributed by atoms with van der Waals surface area (Å²) >= 11 is 1.24. The standard InChI is InChI=1S/C20H20N2O3S/c1-3-14-9-11-15(12-10-14)17(23)13-26-20-22-21-19(25-20)16-7-5-6-8-18(16)24-4-2/h5-12H,3-4,13H2,1-2H3. The predicted molar refractivity (Wildman–Crippen MR) is 102 cm³/mol. The summed E-state index contributed by atoms with van der Waals surface area (Å²) in [6.07, 6.45) is 0.956. The van der Waals surface area contributed by atoms with Crippen LogP contribution in [0.15, 0.2) is 58.2 Å². The first kappa shape index (κ1) is 18.2. The number of hydrogen-bond acceptors (Lipinski definition) is 6. The molecule has 0 spiro atoms. The van der Waals surface area contributed by atoms with E-state index in [1.807, 2.05) is 55.5 Å². The first-order valence-corrected chi connectivity index (χ1v) is 9.50. The zero-order chi connectivity index (χ0) is 18.4. The number of hydrogen-bond donors (Lipinski definition) is 0. The zero-order valence-electron chi connectivity index (χ0n) is 14.8. The Morgan fingerprint density at radius 3 is 2.58 bits per heavy atom. The minimum atomic E-state index is 0.0344. The van der Waals surface area contributed by atoms with Crippen molar-refractivity contribution in [2.45, 2.75) is 25.5 Å². The maximum absolute atomic E-state index is 12.3. The van der Waals surface area contributed by atoms with E-state index in [2.05, 4.69) is 17.1 Å². The smallest absolute Gasteiger partial charge is 0.277 e. The highest BCUT2D eigenvalue weighted by atomic mass is 32.2. The van der Waals surface area contributed by atoms with Crippen LogP contribution >= 0.6 is 11.8 Å². The van der Waals surface area contributed by atoms with Crippen LogP contribution in [0.25, 0.3) is 11.5 Å². The second kappa shape index (κ2) is 8.67. The molecule has 3 aromatic rings. The van der Waals surface area contributed by atoms with Crippen LogP contribution in [-0.4, -0.2) is 28.3 Å². The molecular weight excluding hydrogens is 348 g/mol. The topological polar surface area (TPSA) is 65.2 Å². The summed E-state index contributed by atoms with van der Waals surface area (Å²) in [5.74, 6) is 1.37. The van der Waals surface area contributed by atoms with Crippen LogP contribution in [0.4, 0.5) is 0 Å². The van der Waals surface area contributed by atoms with Gasteiger partial charge in [0.05, 0.1) is 17.9 Å². The lowest BCUT2D eigenvalue weighted by Crippen LogP contribution is -2.02. The minimum absolute atomic E-state index is 0.0344. The monoisotopic (exact) mass is 368 g/mol. The van der Waals surface area contributed by atoms with E-state index in [0.717, 1.165) is 12.0 Å². The molecule has 0 atom stereocenters. The summed E-state index contributed by atoms with van der Waals surface area (Å²) in [5.41, 5.74) is 2.65. The van der Waals surface area contributed by atoms with Gasteiger partial charge in [0.25, 0.3) is 11.1 Å². The van der Waals surface area contributed by atoms with Gasteiger partial charge in [0.15, 0.2) is 5.78 Å². The van der Waals surface area contributed by atoms with Crippen molar-refractivity contribution in [3.8, 4) is 17.2 Å². The third-order valence-corrected chi connectivity index (χ3v) is 4.65. The van der Waals surface area contributed by atoms with Crippen molar-refractivity contribution in [3.63, 3.8) is 0 Å². The molecule has 3 rings (SSSR count). The van der Waals surface area contributed by atoms with E-state index in [1.54, 1.807) is 0 Å². The molecule has 0 fully saturated rings. The average molecular weight is 368 g/mol. The lowest BCUT2D eigenvalue weighted by molar-refractivity contribution is 0.102. The zero-order valence-corrected chi connectivity index (χ0v) is 15.6. The van der Waals surface area contributed by atoms with Crippen LogP contribution in [0.3, 0.4) is 0 Å². The Labute approximate surface area is 156 Å². The van der Waals surface area contributed by atoms with E-state index in [1.165, 1.54) is 17.3 Å². The molecule has 26 heavy (non-hydrogen) atoms. The normalized spacial score (nSPS) is 10.7. The lowest BCUT2D eigenvalue weighted by Gasteiger charge is -2.06. The molecule has 6 heteroatoms. The summed E-state index contributed by atoms with van der Waals surface area (Å²) in [5, 5.41) is 8.46. The second-order valence-corrected chi connectivity index (χ2v) is 6.49. The van der Waals surface area contributed by atoms with Gasteiger partial charge in [-0.15, -0.1) is 10.2 Å². The number of aromatic nitrogens is 2. The van der Waals surface area contributed by atoms with Crippen LogP contribution in [0, 0.1) is 0 Å². The Bertz CT molecular complexity index is 875. The van der Waals surface area contributed by atoms with Gasteiger partial charge in [-0.05, 0) is 31.0 Å². The molecule has 0 aliphatic heterocycles. The maximum atomic E-state index is 12.3. The minimum Gasteiger partial charge on any atom is -0.493 e. The first-order chi connectivity index (χ1) is 12.7. The first-order valence-electron chi connectivity index (χ1n) is 8.52. The molecule has 0 unspecified atom stereocenters. The Morgan fingerprint density at radius 1 is 1.08 bits per heavy atom. The molecule has 0 aliphatic carbocycles. The van der Waals surface area contributed by atoms with Crippen molar-refractivity contribution in [2.75, 3.05) is 12.4 Å². The second-order valence-electron chi connectivity index (χ2n) is 5.56. The van der Waals surface area contributed by atoms with Crippen molar-refractivity contribution >= 4 is 17.5 Å². The number of thioether (sulfide) groups is 1. The molecule has 2 aromatic carbocycles. The molecule has 0 amide bonds. The van der Waals surface area contributed by atoms with Gasteiger partial charge >= 0.3 is 0 Å². The number of nitrogens with zero attached hydrogens (tertiary/aromatic N) is 2. The van der Waals surface area contributed by atoms with E-state index in [4.69, 9.17) is 9.15 Å². The number of aryl methyl sites for hydroxylation is 1. The van der Waals surface area contributed by atoms with Crippen LogP contribution in [0.5, 0.6) is 5.75 Å². The maximum Gasteiger partial charge on any atom is 0.277 e. The van der Waals surface area contributed by atoms with Gasteiger partial charge < -0.3 is 9.15 Å². The molecule has 0 aliphatic rings. The highest BCUT2D eigenvalue weighted by Crippen LogP contribution is 2.30. The van der Waals surface area contributed by atoms with Crippen molar-refractivity contribution in [1.82, 2.24) is 10.2 Å². The van der Waals surface area contributed by atoms with E-state index < -0.39 is 0 Å². The van der Waals surface area contributed by atoms with E-state index >= 15 is 0 Å². The molecule has 5 nitrogen and oxygen atoms in total. The molecule has 0 saturated carbocycles. The third-order valence-electron chi connectivity index (χ3n) is 3.83. The van der Waals surface area contributed by atoms with Crippen LogP contribution in [-0.2, 0) is 6.42 Å². The van der Waals surface area contributed by atoms with Crippen molar-refractivity contribution < 1.29 is 13.9 Å². The molecule has 0 N–H and O–H groups in total. The Kier molecular flexibility index (Phi) is 6.07. The Morgan fingerprint density at radius 2 is 1.85 bits per heavy atom. The van der Waals surface area contributed by atoms with Crippen LogP contribution in [0.1, 0.15) is 29.8 Å². The van der Waals surface area contributed by atoms with E-state index in [9.17, 15) is 4.79 Å². The summed E-state index contributed by atoms with van der Waals surface area (Å²) < 4.78 is 11.3. The molecular formula is C20H20N2O3S. The highest BCUT2D eigenvalue weighted by molar-refractivity contribution is 7.99. The van der Waals surface area contributed by atoms with Crippen molar-refractivity contribution in [1.29, 1.82) is 0 Å². The third kappa shape index (κ3) is 4.32. The fourth-order valence-corrected chi connectivity index (χ4v) is 3.10. The quantitative estimate of drug-likeness (QED) is 0.425. The van der Waals surface area contributed by atoms with E-state index in [0.29, 0.717) is 29.0 Å². The van der Waals surface area contributed by atoms with Gasteiger partial charge in [0, 0.05) is 5.56 Å². The molecule has 0 bridgehead atoms. The summed E-state index contributed by atoms with van der Waals surface area (Å²) in [4.78, 5) is 12.3. The van der Waals surface area contributed by atoms with Gasteiger partial charge in [-0.3, -0.25) is 4.79 Å². The fraction of sp³-hybridized carbons (Fsp3) is 0.250. The van der Waals surface area contributed by atoms with Gasteiger partial charge in [-0.25, -0.2) is 0 Å². The predicted octanol–water partition coefficient (Wildman–Crippen LogP) is 4.67. The van der Waals surface area contributed by atoms with Gasteiger partial charge in [-0.1, -0.05) is 55.1 Å². The number of carbonyl (C=O) groups excluding carboxylic acids is 1. The number of benzene rings is 2. The Hall–Kier alpha value is -2.60. The Balaban J connectivity index is 1.66. The average Bonchev–Trinajstić information content (AvgIpc) is 3.16. The summed E-state index contributed by atoms with van der Waals surface area (Å²) in [7, 11) is 0. The molecule has 0 saturated heterocycles. The van der Waals surface area contributed by atoms with Crippen LogP contribution in [0.2, 0.25) is 0 Å². The number of rotatable bonds is 8. The van der Waals surface area contributed by atoms with Crippen molar-refractivity contribution in [2.24, 2.45) is 0 Å². The molecule has 134 valence electrons. The van der Waals surface area contributed by atoms with Gasteiger partial charge in [0.1, 0.15) is 5.75 Å². The number of Topliss-reactive ketones (excluding diaryl/α,β-unsaturated/α-hetero) is 1. The number of ether oxygens (including phenoxy) is 1. The largest absolute Gasteiger partial charge is 0.493 e. The van der Waals surface area contributed by atoms with Gasteiger partial charge in [0.2, 0.25) is 0 Å². The summed E-state index contributed by atoms with van der Waals surface area (Å²) in [6, 6.07) is 15.2. The summed E-state index contributed by atoms with van der Waals surface area (Å²) in [6.45, 7) is 4.56. The highest BCUT2D eigenvalue weighted by Gasteiger charge is 2.15. The SMILES string of the molecule is CCOc1ccccc1-c1nnc(SCC(=O)c2ccc(CC)cc2)o1. The number of para-hydroxylation sites is 1. The van der Waals surface area contributed by atoms with E-state index in [-0.39, 0.29) is 11.5 Å².